The minimum atomic E-state index is -1.94. The second-order valence-electron chi connectivity index (χ2n) is 12.5. The lowest BCUT2D eigenvalue weighted by Crippen LogP contribution is -2.48. The minimum absolute atomic E-state index is 0.0449. The van der Waals surface area contributed by atoms with Gasteiger partial charge < -0.3 is 33.2 Å². The van der Waals surface area contributed by atoms with Gasteiger partial charge in [-0.05, 0) is 82.7 Å². The number of methoxy groups -OCH3 is 2. The number of hydrogen-bond acceptors (Lipinski definition) is 12. The molecule has 1 aromatic rings. The monoisotopic (exact) mass is 631 g/mol. The lowest BCUT2D eigenvalue weighted by Gasteiger charge is -2.35. The number of likely N-dealkylation sites (tertiary alicyclic amines) is 1. The summed E-state index contributed by atoms with van der Waals surface area (Å²) < 4.78 is 38.6. The molecule has 3 aliphatic rings. The van der Waals surface area contributed by atoms with Crippen molar-refractivity contribution in [3.05, 3.63) is 35.6 Å². The molecule has 0 bridgehead atoms. The van der Waals surface area contributed by atoms with E-state index in [2.05, 4.69) is 4.90 Å². The van der Waals surface area contributed by atoms with Crippen LogP contribution in [-0.2, 0) is 49.3 Å². The standard InChI is InChI=1S/C33H45NO11/c1-22(35)44-31(3,4)12-7-14-33(45-23(2)36,20-29(37)40-6)30(38)43-28-19-32(18-27(28)39-5)13-8-15-34(32)16-11-24-9-10-25-26(17-24)42-21-41-25/h9-10,17-18,28H,7-8,11-16,19-21H2,1-6H3/t28-,32-,33+/m0/s1. The molecule has 0 saturated carbocycles. The molecule has 3 atom stereocenters. The van der Waals surface area contributed by atoms with Gasteiger partial charge in [-0.1, -0.05) is 6.07 Å². The molecule has 2 aliphatic heterocycles. The Morgan fingerprint density at radius 3 is 2.44 bits per heavy atom. The van der Waals surface area contributed by atoms with Crippen molar-refractivity contribution >= 4 is 23.9 Å². The van der Waals surface area contributed by atoms with Crippen LogP contribution < -0.4 is 9.47 Å². The van der Waals surface area contributed by atoms with Gasteiger partial charge in [-0.2, -0.15) is 0 Å². The molecule has 1 fully saturated rings. The highest BCUT2D eigenvalue weighted by Gasteiger charge is 2.52. The average molecular weight is 632 g/mol. The molecule has 1 aliphatic carbocycles. The van der Waals surface area contributed by atoms with Crippen molar-refractivity contribution in [2.24, 2.45) is 0 Å². The summed E-state index contributed by atoms with van der Waals surface area (Å²) in [5.74, 6) is -0.779. The Kier molecular flexibility index (Phi) is 10.7. The lowest BCUT2D eigenvalue weighted by atomic mass is 9.89. The highest BCUT2D eigenvalue weighted by Crippen LogP contribution is 2.44. The molecule has 45 heavy (non-hydrogen) atoms. The average Bonchev–Trinajstić information content (AvgIpc) is 3.68. The van der Waals surface area contributed by atoms with Gasteiger partial charge in [0.1, 0.15) is 11.4 Å². The Balaban J connectivity index is 1.49. The van der Waals surface area contributed by atoms with E-state index in [0.29, 0.717) is 18.6 Å². The van der Waals surface area contributed by atoms with Crippen molar-refractivity contribution in [2.45, 2.75) is 102 Å². The van der Waals surface area contributed by atoms with Crippen LogP contribution in [0.1, 0.15) is 78.2 Å². The van der Waals surface area contributed by atoms with Gasteiger partial charge in [-0.15, -0.1) is 0 Å². The van der Waals surface area contributed by atoms with Crippen LogP contribution in [0.25, 0.3) is 0 Å². The van der Waals surface area contributed by atoms with Crippen LogP contribution in [-0.4, -0.2) is 85.7 Å². The fraction of sp³-hybridized carbons (Fsp3) is 0.636. The molecule has 0 amide bonds. The summed E-state index contributed by atoms with van der Waals surface area (Å²) in [7, 11) is 2.73. The second-order valence-corrected chi connectivity index (χ2v) is 12.5. The van der Waals surface area contributed by atoms with Gasteiger partial charge in [0.05, 0.1) is 20.6 Å². The van der Waals surface area contributed by atoms with Crippen LogP contribution in [0.15, 0.2) is 30.0 Å². The maximum atomic E-state index is 14.0. The van der Waals surface area contributed by atoms with E-state index < -0.39 is 47.6 Å². The Morgan fingerprint density at radius 1 is 1.02 bits per heavy atom. The van der Waals surface area contributed by atoms with Gasteiger partial charge in [-0.25, -0.2) is 4.79 Å². The van der Waals surface area contributed by atoms with Gasteiger partial charge in [0, 0.05) is 32.4 Å². The van der Waals surface area contributed by atoms with Gasteiger partial charge >= 0.3 is 23.9 Å². The fourth-order valence-corrected chi connectivity index (χ4v) is 6.62. The largest absolute Gasteiger partial charge is 0.497 e. The molecule has 0 N–H and O–H groups in total. The summed E-state index contributed by atoms with van der Waals surface area (Å²) in [4.78, 5) is 52.7. The first-order valence-electron chi connectivity index (χ1n) is 15.4. The summed E-state index contributed by atoms with van der Waals surface area (Å²) >= 11 is 0. The first-order valence-corrected chi connectivity index (χ1v) is 15.4. The zero-order valence-corrected chi connectivity index (χ0v) is 27.1. The van der Waals surface area contributed by atoms with Crippen molar-refractivity contribution in [2.75, 3.05) is 34.1 Å². The lowest BCUT2D eigenvalue weighted by molar-refractivity contribution is -0.191. The predicted octanol–water partition coefficient (Wildman–Crippen LogP) is 4.02. The summed E-state index contributed by atoms with van der Waals surface area (Å²) in [5, 5.41) is 0. The van der Waals surface area contributed by atoms with Crippen LogP contribution in [0.3, 0.4) is 0 Å². The number of benzene rings is 1. The van der Waals surface area contributed by atoms with E-state index in [0.717, 1.165) is 49.4 Å². The Bertz CT molecular complexity index is 1310. The third-order valence-corrected chi connectivity index (χ3v) is 8.68. The van der Waals surface area contributed by atoms with E-state index in [1.54, 1.807) is 13.8 Å². The third-order valence-electron chi connectivity index (χ3n) is 8.68. The third kappa shape index (κ3) is 8.27. The number of ether oxygens (including phenoxy) is 7. The molecule has 2 heterocycles. The van der Waals surface area contributed by atoms with E-state index in [1.165, 1.54) is 28.1 Å². The van der Waals surface area contributed by atoms with Crippen molar-refractivity contribution in [1.29, 1.82) is 0 Å². The summed E-state index contributed by atoms with van der Waals surface area (Å²) in [6.07, 6.45) is 4.41. The van der Waals surface area contributed by atoms with Crippen LogP contribution in [0, 0.1) is 0 Å². The first kappa shape index (κ1) is 34.1. The van der Waals surface area contributed by atoms with Crippen LogP contribution in [0.2, 0.25) is 0 Å². The first-order chi connectivity index (χ1) is 21.3. The molecular formula is C33H45NO11. The SMILES string of the molecule is COC(=O)C[C@@](CCCC(C)(C)OC(C)=O)(OC(C)=O)C(=O)O[C@H]1C[C@@]2(C=C1OC)CCCN2CCc1ccc2c(c1)OCO2. The van der Waals surface area contributed by atoms with Crippen molar-refractivity contribution in [3.8, 4) is 11.5 Å². The second kappa shape index (κ2) is 14.1. The molecule has 0 radical (unpaired) electrons. The smallest absolute Gasteiger partial charge is 0.351 e. The topological polar surface area (TPSA) is 136 Å². The van der Waals surface area contributed by atoms with Gasteiger partial charge in [-0.3, -0.25) is 19.3 Å². The molecule has 1 saturated heterocycles. The summed E-state index contributed by atoms with van der Waals surface area (Å²) in [6.45, 7) is 7.84. The number of nitrogens with zero attached hydrogens (tertiary/aromatic N) is 1. The Labute approximate surface area is 264 Å². The van der Waals surface area contributed by atoms with Crippen molar-refractivity contribution in [3.63, 3.8) is 0 Å². The predicted molar refractivity (Wildman–Crippen MR) is 160 cm³/mol. The maximum Gasteiger partial charge on any atom is 0.351 e. The summed E-state index contributed by atoms with van der Waals surface area (Å²) in [5.41, 5.74) is -2.02. The summed E-state index contributed by atoms with van der Waals surface area (Å²) in [6, 6.07) is 5.96. The number of carbonyl (C=O) groups is 4. The number of rotatable bonds is 14. The molecular weight excluding hydrogens is 586 g/mol. The van der Waals surface area contributed by atoms with Gasteiger partial charge in [0.15, 0.2) is 17.6 Å². The number of hydrogen-bond donors (Lipinski definition) is 0. The zero-order valence-electron chi connectivity index (χ0n) is 27.1. The van der Waals surface area contributed by atoms with Crippen LogP contribution >= 0.6 is 0 Å². The highest BCUT2D eigenvalue weighted by molar-refractivity contribution is 5.88. The maximum absolute atomic E-state index is 14.0. The molecule has 4 rings (SSSR count). The minimum Gasteiger partial charge on any atom is -0.497 e. The molecule has 0 unspecified atom stereocenters. The van der Waals surface area contributed by atoms with Gasteiger partial charge in [0.25, 0.3) is 0 Å². The molecule has 12 nitrogen and oxygen atoms in total. The quantitative estimate of drug-likeness (QED) is 0.217. The number of esters is 4. The molecule has 12 heteroatoms. The van der Waals surface area contributed by atoms with Crippen molar-refractivity contribution < 1.29 is 52.3 Å². The molecule has 1 spiro atoms. The molecule has 0 aromatic heterocycles. The number of fused-ring (bicyclic) bond motifs is 1. The normalized spacial score (nSPS) is 22.0. The van der Waals surface area contributed by atoms with Gasteiger partial charge in [0.2, 0.25) is 12.4 Å². The Morgan fingerprint density at radius 2 is 1.76 bits per heavy atom. The van der Waals surface area contributed by atoms with E-state index in [9.17, 15) is 19.2 Å². The highest BCUT2D eigenvalue weighted by atomic mass is 16.7. The van der Waals surface area contributed by atoms with E-state index >= 15 is 0 Å². The van der Waals surface area contributed by atoms with E-state index in [4.69, 9.17) is 33.2 Å². The van der Waals surface area contributed by atoms with Crippen LogP contribution in [0.4, 0.5) is 0 Å². The van der Waals surface area contributed by atoms with E-state index in [-0.39, 0.29) is 25.2 Å². The zero-order chi connectivity index (χ0) is 32.8. The molecule has 1 aromatic carbocycles. The molecule has 248 valence electrons. The Hall–Kier alpha value is -3.80. The van der Waals surface area contributed by atoms with Crippen LogP contribution in [0.5, 0.6) is 11.5 Å². The van der Waals surface area contributed by atoms with E-state index in [1.807, 2.05) is 24.3 Å². The van der Waals surface area contributed by atoms with Crippen molar-refractivity contribution in [1.82, 2.24) is 4.90 Å². The fourth-order valence-electron chi connectivity index (χ4n) is 6.62. The number of carbonyl (C=O) groups excluding carboxylic acids is 4.